The van der Waals surface area contributed by atoms with Gasteiger partial charge in [-0.2, -0.15) is 0 Å². The van der Waals surface area contributed by atoms with Gasteiger partial charge in [0.1, 0.15) is 5.70 Å². The number of hydrogen-bond donors (Lipinski definition) is 1. The van der Waals surface area contributed by atoms with E-state index in [9.17, 15) is 14.7 Å². The summed E-state index contributed by atoms with van der Waals surface area (Å²) in [6.07, 6.45) is 0. The van der Waals surface area contributed by atoms with Crippen LogP contribution >= 0.6 is 0 Å². The zero-order valence-corrected chi connectivity index (χ0v) is 18.4. The van der Waals surface area contributed by atoms with E-state index in [0.717, 1.165) is 35.3 Å². The fourth-order valence-electron chi connectivity index (χ4n) is 4.31. The van der Waals surface area contributed by atoms with Crippen LogP contribution < -0.4 is 4.90 Å². The summed E-state index contributed by atoms with van der Waals surface area (Å²) >= 11 is 0. The molecule has 2 aliphatic rings. The fraction of sp³-hybridized carbons (Fsp3) is 0.360. The minimum atomic E-state index is -0.268. The average molecular weight is 420 g/mol. The molecule has 0 bridgehead atoms. The third-order valence-corrected chi connectivity index (χ3v) is 6.11. The van der Waals surface area contributed by atoms with Crippen molar-refractivity contribution in [2.75, 3.05) is 44.2 Å². The van der Waals surface area contributed by atoms with Crippen molar-refractivity contribution in [1.82, 2.24) is 9.80 Å². The topological polar surface area (TPSA) is 64.1 Å². The van der Waals surface area contributed by atoms with Crippen molar-refractivity contribution < 1.29 is 14.7 Å². The van der Waals surface area contributed by atoms with Crippen LogP contribution in [0.3, 0.4) is 0 Å². The maximum Gasteiger partial charge on any atom is 0.282 e. The predicted molar refractivity (Wildman–Crippen MR) is 122 cm³/mol. The van der Waals surface area contributed by atoms with Gasteiger partial charge < -0.3 is 10.0 Å². The highest BCUT2D eigenvalue weighted by Gasteiger charge is 2.43. The summed E-state index contributed by atoms with van der Waals surface area (Å²) < 4.78 is 0. The van der Waals surface area contributed by atoms with Crippen molar-refractivity contribution in [3.8, 4) is 0 Å². The first-order valence-electron chi connectivity index (χ1n) is 10.8. The molecule has 2 heterocycles. The third kappa shape index (κ3) is 4.01. The van der Waals surface area contributed by atoms with Gasteiger partial charge in [-0.25, -0.2) is 4.90 Å². The maximum absolute atomic E-state index is 13.7. The Bertz CT molecular complexity index is 1030. The Morgan fingerprint density at radius 2 is 1.48 bits per heavy atom. The molecular weight excluding hydrogens is 390 g/mol. The smallest absolute Gasteiger partial charge is 0.282 e. The van der Waals surface area contributed by atoms with Gasteiger partial charge in [-0.1, -0.05) is 42.0 Å². The molecule has 0 aromatic heterocycles. The molecule has 0 unspecified atom stereocenters. The number of carbonyl (C=O) groups excluding carboxylic acids is 2. The van der Waals surface area contributed by atoms with Gasteiger partial charge in [-0.15, -0.1) is 0 Å². The number of carbonyl (C=O) groups is 2. The zero-order valence-electron chi connectivity index (χ0n) is 18.4. The molecular formula is C25H29N3O3. The summed E-state index contributed by atoms with van der Waals surface area (Å²) in [7, 11) is 0. The molecule has 31 heavy (non-hydrogen) atoms. The largest absolute Gasteiger partial charge is 0.395 e. The van der Waals surface area contributed by atoms with Crippen LogP contribution in [0.4, 0.5) is 5.69 Å². The number of rotatable bonds is 5. The van der Waals surface area contributed by atoms with Gasteiger partial charge in [0.25, 0.3) is 11.8 Å². The summed E-state index contributed by atoms with van der Waals surface area (Å²) in [5.41, 5.74) is 5.37. The van der Waals surface area contributed by atoms with Crippen LogP contribution in [-0.2, 0) is 9.59 Å². The molecule has 1 fully saturated rings. The van der Waals surface area contributed by atoms with Crippen molar-refractivity contribution in [3.05, 3.63) is 70.4 Å². The van der Waals surface area contributed by atoms with Gasteiger partial charge in [0.2, 0.25) is 0 Å². The first-order valence-corrected chi connectivity index (χ1v) is 10.8. The second-order valence-corrected chi connectivity index (χ2v) is 8.38. The van der Waals surface area contributed by atoms with E-state index in [4.69, 9.17) is 0 Å². The molecule has 6 nitrogen and oxygen atoms in total. The average Bonchev–Trinajstić information content (AvgIpc) is 3.01. The Labute approximate surface area is 183 Å². The van der Waals surface area contributed by atoms with E-state index in [1.54, 1.807) is 0 Å². The molecule has 2 aromatic rings. The lowest BCUT2D eigenvalue weighted by Crippen LogP contribution is -2.48. The summed E-state index contributed by atoms with van der Waals surface area (Å²) in [4.78, 5) is 32.9. The Hall–Kier alpha value is -2.96. The third-order valence-electron chi connectivity index (χ3n) is 6.11. The lowest BCUT2D eigenvalue weighted by atomic mass is 10.0. The lowest BCUT2D eigenvalue weighted by Gasteiger charge is -2.36. The number of aliphatic hydroxyl groups excluding tert-OH is 1. The van der Waals surface area contributed by atoms with Crippen molar-refractivity contribution in [3.63, 3.8) is 0 Å². The number of amides is 2. The Balaban J connectivity index is 1.77. The quantitative estimate of drug-likeness (QED) is 0.755. The molecule has 0 atom stereocenters. The highest BCUT2D eigenvalue weighted by atomic mass is 16.3. The number of imide groups is 1. The summed E-state index contributed by atoms with van der Waals surface area (Å²) in [5.74, 6) is -0.528. The van der Waals surface area contributed by atoms with E-state index in [2.05, 4.69) is 4.90 Å². The van der Waals surface area contributed by atoms with Crippen LogP contribution in [0, 0.1) is 20.8 Å². The lowest BCUT2D eigenvalue weighted by molar-refractivity contribution is -0.120. The minimum Gasteiger partial charge on any atom is -0.395 e. The van der Waals surface area contributed by atoms with Gasteiger partial charge in [0.05, 0.1) is 17.9 Å². The van der Waals surface area contributed by atoms with Crippen molar-refractivity contribution in [2.24, 2.45) is 0 Å². The minimum absolute atomic E-state index is 0.120. The molecule has 1 N–H and O–H groups in total. The normalized spacial score (nSPS) is 17.8. The van der Waals surface area contributed by atoms with E-state index in [1.807, 2.05) is 68.1 Å². The number of β-amino-alcohol motifs (C(OH)–C–C–N with tert-alkyl or cyclic N) is 1. The number of hydrogen-bond acceptors (Lipinski definition) is 5. The van der Waals surface area contributed by atoms with Crippen LogP contribution in [0.1, 0.15) is 22.3 Å². The number of aryl methyl sites for hydroxylation is 3. The van der Waals surface area contributed by atoms with E-state index >= 15 is 0 Å². The first kappa shape index (κ1) is 21.3. The predicted octanol–water partition coefficient (Wildman–Crippen LogP) is 2.51. The highest BCUT2D eigenvalue weighted by Crippen LogP contribution is 2.36. The molecule has 0 spiro atoms. The van der Waals surface area contributed by atoms with Crippen LogP contribution in [0.5, 0.6) is 0 Å². The monoisotopic (exact) mass is 419 g/mol. The standard InChI is InChI=1S/C25H29N3O3/c1-17-5-8-20(9-6-17)22-23(27-12-10-26(11-13-27)14-15-29)25(31)28(24(22)30)21-16-18(2)4-7-19(21)3/h4-9,16,29H,10-15H2,1-3H3. The zero-order chi connectivity index (χ0) is 22.1. The second-order valence-electron chi connectivity index (χ2n) is 8.38. The van der Waals surface area contributed by atoms with Crippen molar-refractivity contribution >= 4 is 23.1 Å². The van der Waals surface area contributed by atoms with E-state index in [0.29, 0.717) is 36.6 Å². The summed E-state index contributed by atoms with van der Waals surface area (Å²) in [6, 6.07) is 13.6. The van der Waals surface area contributed by atoms with Crippen LogP contribution in [0.25, 0.3) is 5.57 Å². The molecule has 2 aromatic carbocycles. The molecule has 162 valence electrons. The number of aliphatic hydroxyl groups is 1. The van der Waals surface area contributed by atoms with Gasteiger partial charge in [-0.05, 0) is 43.5 Å². The molecule has 0 aliphatic carbocycles. The van der Waals surface area contributed by atoms with Gasteiger partial charge in [0.15, 0.2) is 0 Å². The molecule has 1 saturated heterocycles. The maximum atomic E-state index is 13.7. The van der Waals surface area contributed by atoms with E-state index in [-0.39, 0.29) is 18.4 Å². The van der Waals surface area contributed by atoms with Crippen molar-refractivity contribution in [2.45, 2.75) is 20.8 Å². The Morgan fingerprint density at radius 1 is 0.839 bits per heavy atom. The van der Waals surface area contributed by atoms with Crippen LogP contribution in [0.2, 0.25) is 0 Å². The number of anilines is 1. The highest BCUT2D eigenvalue weighted by molar-refractivity contribution is 6.45. The summed E-state index contributed by atoms with van der Waals surface area (Å²) in [6.45, 7) is 9.41. The molecule has 2 aliphatic heterocycles. The number of nitrogens with zero attached hydrogens (tertiary/aromatic N) is 3. The Morgan fingerprint density at radius 3 is 2.13 bits per heavy atom. The summed E-state index contributed by atoms with van der Waals surface area (Å²) in [5, 5.41) is 9.22. The molecule has 0 radical (unpaired) electrons. The molecule has 6 heteroatoms. The number of benzene rings is 2. The van der Waals surface area contributed by atoms with Crippen LogP contribution in [0.15, 0.2) is 48.2 Å². The van der Waals surface area contributed by atoms with Crippen LogP contribution in [-0.4, -0.2) is 66.1 Å². The molecule has 0 saturated carbocycles. The van der Waals surface area contributed by atoms with Gasteiger partial charge >= 0.3 is 0 Å². The second kappa shape index (κ2) is 8.65. The van der Waals surface area contributed by atoms with Gasteiger partial charge in [-0.3, -0.25) is 14.5 Å². The van der Waals surface area contributed by atoms with Crippen molar-refractivity contribution in [1.29, 1.82) is 0 Å². The van der Waals surface area contributed by atoms with E-state index in [1.165, 1.54) is 4.90 Å². The molecule has 4 rings (SSSR count). The SMILES string of the molecule is Cc1ccc(C2=C(N3CCN(CCO)CC3)C(=O)N(c3cc(C)ccc3C)C2=O)cc1. The number of piperazine rings is 1. The van der Waals surface area contributed by atoms with Gasteiger partial charge in [0, 0.05) is 32.7 Å². The first-order chi connectivity index (χ1) is 14.9. The molecule has 2 amide bonds. The Kier molecular flexibility index (Phi) is 5.94. The van der Waals surface area contributed by atoms with E-state index < -0.39 is 0 Å². The fourth-order valence-corrected chi connectivity index (χ4v) is 4.31.